The summed E-state index contributed by atoms with van der Waals surface area (Å²) in [4.78, 5) is 37.5. The Bertz CT molecular complexity index is 1670. The van der Waals surface area contributed by atoms with Crippen LogP contribution in [0, 0.1) is 0 Å². The number of carboxylic acids is 1. The average Bonchev–Trinajstić information content (AvgIpc) is 3.40. The van der Waals surface area contributed by atoms with Crippen molar-refractivity contribution >= 4 is 17.9 Å². The van der Waals surface area contributed by atoms with Crippen molar-refractivity contribution in [3.05, 3.63) is 122 Å². The smallest absolute Gasteiger partial charge is 0.361 e. The molecule has 77 heavy (non-hydrogen) atoms. The molecule has 2 atom stereocenters. The van der Waals surface area contributed by atoms with Crippen molar-refractivity contribution in [2.75, 3.05) is 47.5 Å². The summed E-state index contributed by atoms with van der Waals surface area (Å²) >= 11 is 0. The Hall–Kier alpha value is -4.31. The van der Waals surface area contributed by atoms with Crippen LogP contribution < -0.4 is 0 Å². The molecule has 0 radical (unpaired) electrons. The van der Waals surface area contributed by atoms with E-state index in [1.165, 1.54) is 96.3 Å². The first-order chi connectivity index (χ1) is 37.6. The standard InChI is InChI=1S/C68H113NO8/c1-6-8-10-12-14-16-18-20-22-24-26-27-28-29-30-31-32-33-34-35-36-37-38-39-41-43-45-47-49-51-53-55-57-59-66(71)77-64(63-76-68(67(72)73)74-61-60-69(3,4)5)62-75-65(70)58-56-54-52-50-48-46-44-42-40-25-23-21-19-17-15-13-11-9-7-2/h8,10,14-17,20-23,26-27,29-30,32-33,35-36,38-39,64,68H,6-7,9,11-13,18-19,24-25,28,31,34,37,40-63H2,1-5H3/p+1/b10-8-,16-14-,17-15-,22-20-,23-21-,27-26-,30-29-,33-32-,36-35-,39-38-. The predicted octanol–water partition coefficient (Wildman–Crippen LogP) is 18.5. The van der Waals surface area contributed by atoms with Crippen molar-refractivity contribution in [3.63, 3.8) is 0 Å². The molecule has 438 valence electrons. The van der Waals surface area contributed by atoms with Gasteiger partial charge in [0, 0.05) is 12.8 Å². The van der Waals surface area contributed by atoms with Crippen molar-refractivity contribution < 1.29 is 42.9 Å². The molecule has 0 saturated carbocycles. The highest BCUT2D eigenvalue weighted by atomic mass is 16.7. The Morgan fingerprint density at radius 3 is 1.10 bits per heavy atom. The van der Waals surface area contributed by atoms with E-state index in [0.717, 1.165) is 103 Å². The number of quaternary nitrogens is 1. The zero-order valence-electron chi connectivity index (χ0n) is 49.8. The zero-order valence-corrected chi connectivity index (χ0v) is 49.8. The largest absolute Gasteiger partial charge is 0.477 e. The summed E-state index contributed by atoms with van der Waals surface area (Å²) in [6.07, 6.45) is 78.4. The number of aliphatic carboxylic acids is 1. The summed E-state index contributed by atoms with van der Waals surface area (Å²) in [5.41, 5.74) is 0. The van der Waals surface area contributed by atoms with Gasteiger partial charge in [-0.25, -0.2) is 4.79 Å². The fraction of sp³-hybridized carbons (Fsp3) is 0.662. The van der Waals surface area contributed by atoms with E-state index < -0.39 is 24.3 Å². The van der Waals surface area contributed by atoms with Gasteiger partial charge in [0.05, 0.1) is 34.4 Å². The molecule has 0 aliphatic heterocycles. The van der Waals surface area contributed by atoms with Gasteiger partial charge in [-0.1, -0.05) is 232 Å². The maximum Gasteiger partial charge on any atom is 0.361 e. The number of carboxylic acid groups (broad SMARTS) is 1. The molecule has 0 spiro atoms. The Kier molecular flexibility index (Phi) is 54.6. The number of carbonyl (C=O) groups excluding carboxylic acids is 2. The third kappa shape index (κ3) is 59.2. The first-order valence-corrected chi connectivity index (χ1v) is 30.7. The van der Waals surface area contributed by atoms with Crippen LogP contribution in [0.1, 0.15) is 232 Å². The normalized spacial score (nSPS) is 13.6. The molecule has 1 N–H and O–H groups in total. The third-order valence-corrected chi connectivity index (χ3v) is 12.7. The second-order valence-electron chi connectivity index (χ2n) is 21.3. The van der Waals surface area contributed by atoms with Crippen molar-refractivity contribution in [1.82, 2.24) is 0 Å². The van der Waals surface area contributed by atoms with Crippen LogP contribution in [0.4, 0.5) is 0 Å². The van der Waals surface area contributed by atoms with E-state index >= 15 is 0 Å². The number of unbranched alkanes of at least 4 members (excludes halogenated alkanes) is 20. The lowest BCUT2D eigenvalue weighted by molar-refractivity contribution is -0.870. The Morgan fingerprint density at radius 1 is 0.403 bits per heavy atom. The van der Waals surface area contributed by atoms with Gasteiger partial charge in [0.2, 0.25) is 0 Å². The molecule has 0 aliphatic rings. The number of esters is 2. The Labute approximate surface area is 472 Å². The zero-order chi connectivity index (χ0) is 56.2. The molecule has 0 rings (SSSR count). The minimum absolute atomic E-state index is 0.179. The number of rotatable bonds is 55. The van der Waals surface area contributed by atoms with Crippen LogP contribution in [0.5, 0.6) is 0 Å². The number of hydrogen-bond acceptors (Lipinski definition) is 7. The van der Waals surface area contributed by atoms with Gasteiger partial charge in [-0.05, 0) is 109 Å². The molecule has 0 fully saturated rings. The van der Waals surface area contributed by atoms with E-state index in [1.807, 2.05) is 21.1 Å². The molecule has 0 heterocycles. The fourth-order valence-corrected chi connectivity index (χ4v) is 8.00. The number of hydrogen-bond donors (Lipinski definition) is 1. The molecule has 0 aromatic rings. The minimum Gasteiger partial charge on any atom is -0.477 e. The number of allylic oxidation sites excluding steroid dienone is 20. The van der Waals surface area contributed by atoms with E-state index in [2.05, 4.69) is 135 Å². The Morgan fingerprint density at radius 2 is 0.740 bits per heavy atom. The lowest BCUT2D eigenvalue weighted by atomic mass is 10.1. The molecule has 0 bridgehead atoms. The molecule has 0 aliphatic carbocycles. The highest BCUT2D eigenvalue weighted by Gasteiger charge is 2.25. The van der Waals surface area contributed by atoms with Crippen LogP contribution in [0.25, 0.3) is 0 Å². The molecule has 9 heteroatoms. The van der Waals surface area contributed by atoms with Crippen molar-refractivity contribution in [1.29, 1.82) is 0 Å². The number of ether oxygens (including phenoxy) is 4. The fourth-order valence-electron chi connectivity index (χ4n) is 8.00. The van der Waals surface area contributed by atoms with E-state index in [4.69, 9.17) is 18.9 Å². The predicted molar refractivity (Wildman–Crippen MR) is 327 cm³/mol. The van der Waals surface area contributed by atoms with Crippen LogP contribution in [-0.4, -0.2) is 87.4 Å². The highest BCUT2D eigenvalue weighted by molar-refractivity contribution is 5.71. The summed E-state index contributed by atoms with van der Waals surface area (Å²) in [5, 5.41) is 9.71. The molecule has 0 saturated heterocycles. The van der Waals surface area contributed by atoms with Gasteiger partial charge >= 0.3 is 17.9 Å². The van der Waals surface area contributed by atoms with Gasteiger partial charge < -0.3 is 28.5 Å². The maximum absolute atomic E-state index is 12.9. The summed E-state index contributed by atoms with van der Waals surface area (Å²) in [6, 6.07) is 0. The Balaban J connectivity index is 4.26. The van der Waals surface area contributed by atoms with E-state index in [0.29, 0.717) is 17.4 Å². The quantitative estimate of drug-likeness (QED) is 0.0211. The summed E-state index contributed by atoms with van der Waals surface area (Å²) in [6.45, 7) is 4.72. The third-order valence-electron chi connectivity index (χ3n) is 12.7. The van der Waals surface area contributed by atoms with Crippen LogP contribution in [-0.2, 0) is 33.3 Å². The van der Waals surface area contributed by atoms with Crippen molar-refractivity contribution in [2.45, 2.75) is 245 Å². The summed E-state index contributed by atoms with van der Waals surface area (Å²) in [7, 11) is 5.96. The lowest BCUT2D eigenvalue weighted by Gasteiger charge is -2.25. The summed E-state index contributed by atoms with van der Waals surface area (Å²) < 4.78 is 22.9. The van der Waals surface area contributed by atoms with Crippen molar-refractivity contribution in [3.8, 4) is 0 Å². The second-order valence-corrected chi connectivity index (χ2v) is 21.3. The molecular weight excluding hydrogens is 959 g/mol. The maximum atomic E-state index is 12.9. The van der Waals surface area contributed by atoms with Crippen LogP contribution in [0.3, 0.4) is 0 Å². The highest BCUT2D eigenvalue weighted by Crippen LogP contribution is 2.15. The van der Waals surface area contributed by atoms with Gasteiger partial charge in [0.1, 0.15) is 13.2 Å². The minimum atomic E-state index is -1.52. The molecule has 0 aromatic heterocycles. The van der Waals surface area contributed by atoms with Gasteiger partial charge in [-0.3, -0.25) is 9.59 Å². The number of likely N-dealkylation sites (N-methyl/N-ethyl adjacent to an activating group) is 1. The van der Waals surface area contributed by atoms with Crippen LogP contribution >= 0.6 is 0 Å². The number of nitrogens with zero attached hydrogens (tertiary/aromatic N) is 1. The monoisotopic (exact) mass is 1070 g/mol. The molecule has 0 amide bonds. The molecule has 9 nitrogen and oxygen atoms in total. The van der Waals surface area contributed by atoms with Crippen LogP contribution in [0.2, 0.25) is 0 Å². The lowest BCUT2D eigenvalue weighted by Crippen LogP contribution is -2.40. The van der Waals surface area contributed by atoms with E-state index in [1.54, 1.807) is 0 Å². The average molecular weight is 1070 g/mol. The van der Waals surface area contributed by atoms with E-state index in [9.17, 15) is 19.5 Å². The van der Waals surface area contributed by atoms with Gasteiger partial charge in [0.25, 0.3) is 6.29 Å². The van der Waals surface area contributed by atoms with Crippen LogP contribution in [0.15, 0.2) is 122 Å². The molecule has 2 unspecified atom stereocenters. The van der Waals surface area contributed by atoms with Gasteiger partial charge in [-0.2, -0.15) is 0 Å². The summed E-state index contributed by atoms with van der Waals surface area (Å²) in [5.74, 6) is -2.03. The molecule has 0 aromatic carbocycles. The first-order valence-electron chi connectivity index (χ1n) is 30.7. The SMILES string of the molecule is CC/C=C\C/C=C\C/C=C\C/C=C\C/C=C\C/C=C\C/C=C\C/C=C\CCCCCCCCCCC(=O)OC(COC(=O)CCCCCCCCCCC/C=C\C/C=C\CCCCC)COC(OCC[N+](C)(C)C)C(=O)O. The second kappa shape index (κ2) is 57.9. The topological polar surface area (TPSA) is 108 Å². The first kappa shape index (κ1) is 72.7. The number of carbonyl (C=O) groups is 3. The van der Waals surface area contributed by atoms with E-state index in [-0.39, 0.29) is 38.6 Å². The van der Waals surface area contributed by atoms with Gasteiger partial charge in [0.15, 0.2) is 6.10 Å². The van der Waals surface area contributed by atoms with Gasteiger partial charge in [-0.15, -0.1) is 0 Å². The molecular formula is C68H114NO8+. The van der Waals surface area contributed by atoms with Crippen molar-refractivity contribution in [2.24, 2.45) is 0 Å².